The summed E-state index contributed by atoms with van der Waals surface area (Å²) in [6, 6.07) is -0.290. The molecule has 0 aromatic carbocycles. The van der Waals surface area contributed by atoms with Crippen molar-refractivity contribution in [2.24, 2.45) is 5.92 Å². The third kappa shape index (κ3) is 7.96. The molecule has 0 aromatic heterocycles. The van der Waals surface area contributed by atoms with Crippen LogP contribution in [-0.4, -0.2) is 69.1 Å². The van der Waals surface area contributed by atoms with E-state index in [1.165, 1.54) is 0 Å². The fourth-order valence-corrected chi connectivity index (χ4v) is 1.70. The zero-order valence-electron chi connectivity index (χ0n) is 12.6. The minimum atomic E-state index is -0.882. The number of carboxylic acids is 1. The van der Waals surface area contributed by atoms with Crippen LogP contribution in [0.4, 0.5) is 4.79 Å². The maximum absolute atomic E-state index is 12.0. The monoisotopic (exact) mass is 290 g/mol. The van der Waals surface area contributed by atoms with Gasteiger partial charge in [-0.05, 0) is 6.42 Å². The first-order chi connectivity index (χ1) is 9.56. The van der Waals surface area contributed by atoms with Gasteiger partial charge in [-0.1, -0.05) is 13.3 Å². The average Bonchev–Trinajstić information content (AvgIpc) is 2.43. The van der Waals surface area contributed by atoms with Gasteiger partial charge >= 0.3 is 12.0 Å². The van der Waals surface area contributed by atoms with E-state index >= 15 is 0 Å². The van der Waals surface area contributed by atoms with E-state index < -0.39 is 11.9 Å². The zero-order chi connectivity index (χ0) is 15.4. The maximum Gasteiger partial charge on any atom is 0.317 e. The molecule has 0 rings (SSSR count). The average molecular weight is 290 g/mol. The topological polar surface area (TPSA) is 88.1 Å². The van der Waals surface area contributed by atoms with Gasteiger partial charge in [0.15, 0.2) is 0 Å². The van der Waals surface area contributed by atoms with E-state index in [-0.39, 0.29) is 12.6 Å². The molecule has 118 valence electrons. The molecule has 0 aliphatic heterocycles. The lowest BCUT2D eigenvalue weighted by atomic mass is 10.0. The van der Waals surface area contributed by atoms with Crippen LogP contribution in [0.5, 0.6) is 0 Å². The summed E-state index contributed by atoms with van der Waals surface area (Å²) < 4.78 is 9.90. The summed E-state index contributed by atoms with van der Waals surface area (Å²) in [6.45, 7) is 3.79. The smallest absolute Gasteiger partial charge is 0.317 e. The SMILES string of the molecule is CCCC(CNC(=O)N(CCOC)CCOC)C(=O)O. The quantitative estimate of drug-likeness (QED) is 0.587. The van der Waals surface area contributed by atoms with Crippen LogP contribution >= 0.6 is 0 Å². The Kier molecular flexibility index (Phi) is 10.7. The van der Waals surface area contributed by atoms with E-state index in [9.17, 15) is 9.59 Å². The number of nitrogens with one attached hydrogen (secondary N) is 1. The second-order valence-corrected chi connectivity index (χ2v) is 4.48. The van der Waals surface area contributed by atoms with Crippen LogP contribution < -0.4 is 5.32 Å². The number of urea groups is 1. The molecule has 0 fully saturated rings. The lowest BCUT2D eigenvalue weighted by molar-refractivity contribution is -0.141. The van der Waals surface area contributed by atoms with Crippen LogP contribution in [0, 0.1) is 5.92 Å². The third-order valence-electron chi connectivity index (χ3n) is 2.90. The van der Waals surface area contributed by atoms with Crippen LogP contribution in [0.25, 0.3) is 0 Å². The van der Waals surface area contributed by atoms with Gasteiger partial charge in [0.05, 0.1) is 19.1 Å². The fraction of sp³-hybridized carbons (Fsp3) is 0.846. The second kappa shape index (κ2) is 11.5. The molecule has 0 aliphatic carbocycles. The summed E-state index contributed by atoms with van der Waals surface area (Å²) in [5.74, 6) is -1.43. The highest BCUT2D eigenvalue weighted by Crippen LogP contribution is 2.05. The molecule has 0 aromatic rings. The molecule has 0 aliphatic rings. The van der Waals surface area contributed by atoms with Gasteiger partial charge in [0.25, 0.3) is 0 Å². The van der Waals surface area contributed by atoms with Crippen LogP contribution in [0.3, 0.4) is 0 Å². The van der Waals surface area contributed by atoms with Gasteiger partial charge in [-0.2, -0.15) is 0 Å². The number of amides is 2. The highest BCUT2D eigenvalue weighted by Gasteiger charge is 2.19. The molecular weight excluding hydrogens is 264 g/mol. The Hall–Kier alpha value is -1.34. The summed E-state index contributed by atoms with van der Waals surface area (Å²) in [6.07, 6.45) is 1.32. The normalized spacial score (nSPS) is 11.9. The molecule has 1 unspecified atom stereocenters. The number of carbonyl (C=O) groups excluding carboxylic acids is 1. The van der Waals surface area contributed by atoms with Gasteiger partial charge in [0, 0.05) is 33.9 Å². The van der Waals surface area contributed by atoms with Crippen molar-refractivity contribution in [2.75, 3.05) is 47.1 Å². The minimum absolute atomic E-state index is 0.137. The van der Waals surface area contributed by atoms with Crippen molar-refractivity contribution in [3.63, 3.8) is 0 Å². The van der Waals surface area contributed by atoms with Crippen molar-refractivity contribution in [2.45, 2.75) is 19.8 Å². The van der Waals surface area contributed by atoms with Crippen molar-refractivity contribution < 1.29 is 24.2 Å². The van der Waals surface area contributed by atoms with E-state index in [2.05, 4.69) is 5.32 Å². The molecule has 0 bridgehead atoms. The number of carbonyl (C=O) groups is 2. The predicted molar refractivity (Wildman–Crippen MR) is 74.8 cm³/mol. The Balaban J connectivity index is 4.30. The summed E-state index contributed by atoms with van der Waals surface area (Å²) >= 11 is 0. The molecule has 0 spiro atoms. The van der Waals surface area contributed by atoms with Gasteiger partial charge < -0.3 is 24.8 Å². The number of nitrogens with zero attached hydrogens (tertiary/aromatic N) is 1. The zero-order valence-corrected chi connectivity index (χ0v) is 12.6. The van der Waals surface area contributed by atoms with Gasteiger partial charge in [-0.15, -0.1) is 0 Å². The van der Waals surface area contributed by atoms with E-state index in [4.69, 9.17) is 14.6 Å². The first-order valence-electron chi connectivity index (χ1n) is 6.80. The Morgan fingerprint density at radius 1 is 1.20 bits per heavy atom. The summed E-state index contributed by atoms with van der Waals surface area (Å²) in [5, 5.41) is 11.7. The standard InChI is InChI=1S/C13H26N2O5/c1-4-5-11(12(16)17)10-14-13(18)15(6-8-19-2)7-9-20-3/h11H,4-10H2,1-3H3,(H,14,18)(H,16,17). The second-order valence-electron chi connectivity index (χ2n) is 4.48. The van der Waals surface area contributed by atoms with Crippen molar-refractivity contribution in [3.05, 3.63) is 0 Å². The van der Waals surface area contributed by atoms with Crippen LogP contribution in [-0.2, 0) is 14.3 Å². The van der Waals surface area contributed by atoms with Crippen molar-refractivity contribution >= 4 is 12.0 Å². The van der Waals surface area contributed by atoms with Gasteiger partial charge in [0.2, 0.25) is 0 Å². The molecule has 0 radical (unpaired) electrons. The lowest BCUT2D eigenvalue weighted by Crippen LogP contribution is -2.45. The largest absolute Gasteiger partial charge is 0.481 e. The van der Waals surface area contributed by atoms with Gasteiger partial charge in [0.1, 0.15) is 0 Å². The number of carboxylic acid groups (broad SMARTS) is 1. The van der Waals surface area contributed by atoms with Gasteiger partial charge in [-0.3, -0.25) is 4.79 Å². The van der Waals surface area contributed by atoms with Crippen molar-refractivity contribution in [3.8, 4) is 0 Å². The number of aliphatic carboxylic acids is 1. The molecule has 1 atom stereocenters. The number of rotatable bonds is 11. The van der Waals surface area contributed by atoms with Crippen molar-refractivity contribution in [1.29, 1.82) is 0 Å². The number of hydrogen-bond donors (Lipinski definition) is 2. The Morgan fingerprint density at radius 2 is 1.75 bits per heavy atom. The Labute approximate surface area is 120 Å². The van der Waals surface area contributed by atoms with Crippen LogP contribution in [0.2, 0.25) is 0 Å². The number of hydrogen-bond acceptors (Lipinski definition) is 4. The van der Waals surface area contributed by atoms with Crippen LogP contribution in [0.1, 0.15) is 19.8 Å². The highest BCUT2D eigenvalue weighted by atomic mass is 16.5. The summed E-state index contributed by atoms with van der Waals surface area (Å²) in [7, 11) is 3.13. The van der Waals surface area contributed by atoms with E-state index in [0.29, 0.717) is 32.7 Å². The van der Waals surface area contributed by atoms with Crippen molar-refractivity contribution in [1.82, 2.24) is 10.2 Å². The molecule has 0 saturated carbocycles. The Bertz CT molecular complexity index is 278. The summed E-state index contributed by atoms with van der Waals surface area (Å²) in [5.41, 5.74) is 0. The molecule has 2 N–H and O–H groups in total. The first kappa shape index (κ1) is 18.7. The maximum atomic E-state index is 12.0. The molecule has 7 nitrogen and oxygen atoms in total. The lowest BCUT2D eigenvalue weighted by Gasteiger charge is -2.23. The Morgan fingerprint density at radius 3 is 2.15 bits per heavy atom. The van der Waals surface area contributed by atoms with Gasteiger partial charge in [-0.25, -0.2) is 4.79 Å². The number of ether oxygens (including phenoxy) is 2. The molecule has 0 heterocycles. The highest BCUT2D eigenvalue weighted by molar-refractivity contribution is 5.76. The van der Waals surface area contributed by atoms with E-state index in [0.717, 1.165) is 6.42 Å². The molecule has 2 amide bonds. The predicted octanol–water partition coefficient (Wildman–Crippen LogP) is 0.792. The fourth-order valence-electron chi connectivity index (χ4n) is 1.70. The molecule has 0 saturated heterocycles. The third-order valence-corrected chi connectivity index (χ3v) is 2.90. The molecule has 7 heteroatoms. The first-order valence-corrected chi connectivity index (χ1v) is 6.80. The van der Waals surface area contributed by atoms with E-state index in [1.54, 1.807) is 19.1 Å². The number of methoxy groups -OCH3 is 2. The van der Waals surface area contributed by atoms with Crippen LogP contribution in [0.15, 0.2) is 0 Å². The summed E-state index contributed by atoms with van der Waals surface area (Å²) in [4.78, 5) is 24.6. The molecule has 20 heavy (non-hydrogen) atoms. The minimum Gasteiger partial charge on any atom is -0.481 e. The molecular formula is C13H26N2O5. The van der Waals surface area contributed by atoms with E-state index in [1.807, 2.05) is 6.92 Å².